The Morgan fingerprint density at radius 3 is 2.57 bits per heavy atom. The predicted octanol–water partition coefficient (Wildman–Crippen LogP) is 5.14. The summed E-state index contributed by atoms with van der Waals surface area (Å²) >= 11 is 1.53. The van der Waals surface area contributed by atoms with Gasteiger partial charge in [-0.05, 0) is 31.0 Å². The van der Waals surface area contributed by atoms with Gasteiger partial charge in [-0.2, -0.15) is 0 Å². The molecule has 4 nitrogen and oxygen atoms in total. The van der Waals surface area contributed by atoms with Crippen molar-refractivity contribution >= 4 is 37.1 Å². The van der Waals surface area contributed by atoms with Crippen molar-refractivity contribution in [3.63, 3.8) is 0 Å². The maximum atomic E-state index is 12.6. The van der Waals surface area contributed by atoms with E-state index < -0.39 is 14.4 Å². The Kier molecular flexibility index (Phi) is 7.58. The van der Waals surface area contributed by atoms with E-state index in [1.165, 1.54) is 11.8 Å². The van der Waals surface area contributed by atoms with Gasteiger partial charge in [-0.1, -0.05) is 59.2 Å². The Morgan fingerprint density at radius 1 is 1.07 bits per heavy atom. The minimum absolute atomic E-state index is 0.285. The van der Waals surface area contributed by atoms with Crippen LogP contribution in [0.4, 0.5) is 0 Å². The highest BCUT2D eigenvalue weighted by molar-refractivity contribution is 7.99. The zero-order chi connectivity index (χ0) is 19.8. The van der Waals surface area contributed by atoms with Crippen LogP contribution in [0.15, 0.2) is 71.8 Å². The average Bonchev–Trinajstić information content (AvgIpc) is 2.74. The number of esters is 1. The second-order valence-electron chi connectivity index (χ2n) is 6.43. The molecule has 2 aromatic carbocycles. The molecule has 6 heteroatoms. The van der Waals surface area contributed by atoms with E-state index in [1.54, 1.807) is 6.92 Å². The number of para-hydroxylation sites is 1. The Balaban J connectivity index is 1.74. The quantitative estimate of drug-likeness (QED) is 0.277. The molecule has 3 unspecified atom stereocenters. The molecular formula is C22H23NO3PS+. The number of hydrogen-bond donors (Lipinski definition) is 0. The standard InChI is InChI=1S/C22H22NO3PS/c1-2-26-22(24)18(14-16-8-4-3-5-9-16)20(27-25)15-28-21-13-12-17-10-6-7-11-19(17)23-21/h3-13,18,20H,2,14-15H2,1H3/p+1. The third kappa shape index (κ3) is 5.40. The number of hydrogen-bond acceptors (Lipinski definition) is 5. The van der Waals surface area contributed by atoms with E-state index in [4.69, 9.17) is 4.74 Å². The molecule has 0 fully saturated rings. The Labute approximate surface area is 170 Å². The van der Waals surface area contributed by atoms with Crippen molar-refractivity contribution in [1.82, 2.24) is 4.98 Å². The molecule has 1 heterocycles. The SMILES string of the molecule is CCOC(=O)C(Cc1ccccc1)C(CSc1ccc2ccccc2n1)[PH+]=O. The average molecular weight is 412 g/mol. The van der Waals surface area contributed by atoms with Crippen LogP contribution in [0.1, 0.15) is 12.5 Å². The molecule has 1 aromatic heterocycles. The lowest BCUT2D eigenvalue weighted by Gasteiger charge is -2.17. The summed E-state index contributed by atoms with van der Waals surface area (Å²) in [6.45, 7) is 2.11. The second-order valence-corrected chi connectivity index (χ2v) is 8.44. The van der Waals surface area contributed by atoms with Crippen LogP contribution in [0, 0.1) is 5.92 Å². The van der Waals surface area contributed by atoms with Gasteiger partial charge in [0.2, 0.25) is 0 Å². The first kappa shape index (κ1) is 20.5. The van der Waals surface area contributed by atoms with Crippen molar-refractivity contribution in [2.45, 2.75) is 24.0 Å². The van der Waals surface area contributed by atoms with Crippen LogP contribution in [0.5, 0.6) is 0 Å². The Hall–Kier alpha value is -2.23. The summed E-state index contributed by atoms with van der Waals surface area (Å²) in [5.41, 5.74) is 1.68. The predicted molar refractivity (Wildman–Crippen MR) is 116 cm³/mol. The number of aromatic nitrogens is 1. The number of benzene rings is 2. The van der Waals surface area contributed by atoms with E-state index in [2.05, 4.69) is 4.98 Å². The van der Waals surface area contributed by atoms with Crippen LogP contribution in [0.25, 0.3) is 10.9 Å². The molecule has 0 N–H and O–H groups in total. The first-order valence-corrected chi connectivity index (χ1v) is 11.2. The monoisotopic (exact) mass is 412 g/mol. The molecule has 3 rings (SSSR count). The maximum Gasteiger partial charge on any atom is 0.329 e. The third-order valence-electron chi connectivity index (χ3n) is 4.51. The van der Waals surface area contributed by atoms with Crippen molar-refractivity contribution < 1.29 is 14.1 Å². The molecule has 3 aromatic rings. The van der Waals surface area contributed by atoms with Gasteiger partial charge in [0, 0.05) is 11.1 Å². The molecule has 0 saturated carbocycles. The van der Waals surface area contributed by atoms with Crippen LogP contribution in [0.2, 0.25) is 0 Å². The number of carbonyl (C=O) groups excluding carboxylic acids is 1. The Morgan fingerprint density at radius 2 is 1.82 bits per heavy atom. The zero-order valence-corrected chi connectivity index (χ0v) is 17.5. The van der Waals surface area contributed by atoms with E-state index >= 15 is 0 Å². The number of rotatable bonds is 9. The minimum Gasteiger partial charge on any atom is -0.466 e. The fraction of sp³-hybridized carbons (Fsp3) is 0.273. The third-order valence-corrected chi connectivity index (χ3v) is 6.76. The fourth-order valence-electron chi connectivity index (χ4n) is 3.04. The number of thioether (sulfide) groups is 1. The number of ether oxygens (including phenoxy) is 1. The number of pyridine rings is 1. The van der Waals surface area contributed by atoms with Crippen molar-refractivity contribution in [3.05, 3.63) is 72.3 Å². The summed E-state index contributed by atoms with van der Waals surface area (Å²) in [6.07, 6.45) is 0.519. The number of nitrogens with zero attached hydrogens (tertiary/aromatic N) is 1. The number of fused-ring (bicyclic) bond motifs is 1. The summed E-state index contributed by atoms with van der Waals surface area (Å²) in [5, 5.41) is 1.95. The van der Waals surface area contributed by atoms with Crippen molar-refractivity contribution in [1.29, 1.82) is 0 Å². The van der Waals surface area contributed by atoms with Gasteiger partial charge in [0.1, 0.15) is 5.92 Å². The van der Waals surface area contributed by atoms with E-state index in [-0.39, 0.29) is 11.6 Å². The maximum absolute atomic E-state index is 12.6. The van der Waals surface area contributed by atoms with Crippen molar-refractivity contribution in [2.75, 3.05) is 12.4 Å². The number of carbonyl (C=O) groups is 1. The summed E-state index contributed by atoms with van der Waals surface area (Å²) in [7, 11) is -0.588. The first-order chi connectivity index (χ1) is 13.7. The van der Waals surface area contributed by atoms with Crippen LogP contribution in [-0.4, -0.2) is 29.0 Å². The van der Waals surface area contributed by atoms with Gasteiger partial charge in [0.05, 0.1) is 17.1 Å². The fourth-order valence-corrected chi connectivity index (χ4v) is 4.89. The molecule has 0 spiro atoms. The molecule has 0 amide bonds. The molecule has 0 aliphatic carbocycles. The lowest BCUT2D eigenvalue weighted by Crippen LogP contribution is -2.30. The minimum atomic E-state index is -0.588. The summed E-state index contributed by atoms with van der Waals surface area (Å²) in [4.78, 5) is 17.2. The Bertz CT molecular complexity index is 935. The van der Waals surface area contributed by atoms with Gasteiger partial charge < -0.3 is 4.74 Å². The van der Waals surface area contributed by atoms with Gasteiger partial charge in [-0.25, -0.2) is 4.98 Å². The smallest absolute Gasteiger partial charge is 0.329 e. The van der Waals surface area contributed by atoms with Gasteiger partial charge in [0.25, 0.3) is 0 Å². The van der Waals surface area contributed by atoms with E-state index in [1.807, 2.05) is 66.7 Å². The van der Waals surface area contributed by atoms with Gasteiger partial charge in [0.15, 0.2) is 5.66 Å². The summed E-state index contributed by atoms with van der Waals surface area (Å²) < 4.78 is 17.3. The summed E-state index contributed by atoms with van der Waals surface area (Å²) in [6, 6.07) is 21.7. The molecule has 0 aliphatic heterocycles. The van der Waals surface area contributed by atoms with Crippen LogP contribution < -0.4 is 0 Å². The van der Waals surface area contributed by atoms with Crippen molar-refractivity contribution in [2.24, 2.45) is 5.92 Å². The van der Waals surface area contributed by atoms with E-state index in [9.17, 15) is 9.36 Å². The first-order valence-electron chi connectivity index (χ1n) is 9.28. The van der Waals surface area contributed by atoms with Crippen molar-refractivity contribution in [3.8, 4) is 0 Å². The molecule has 28 heavy (non-hydrogen) atoms. The topological polar surface area (TPSA) is 56.3 Å². The second kappa shape index (κ2) is 10.4. The van der Waals surface area contributed by atoms with Gasteiger partial charge >= 0.3 is 14.4 Å². The lowest BCUT2D eigenvalue weighted by atomic mass is 9.96. The zero-order valence-electron chi connectivity index (χ0n) is 15.7. The normalized spacial score (nSPS) is 13.3. The highest BCUT2D eigenvalue weighted by Gasteiger charge is 2.35. The van der Waals surface area contributed by atoms with E-state index in [0.717, 1.165) is 21.5 Å². The molecule has 3 atom stereocenters. The molecule has 144 valence electrons. The van der Waals surface area contributed by atoms with Gasteiger partial charge in [-0.3, -0.25) is 4.79 Å². The molecule has 0 bridgehead atoms. The highest BCUT2D eigenvalue weighted by Crippen LogP contribution is 2.30. The van der Waals surface area contributed by atoms with Crippen LogP contribution in [-0.2, 0) is 20.5 Å². The molecule has 0 radical (unpaired) electrons. The largest absolute Gasteiger partial charge is 0.466 e. The highest BCUT2D eigenvalue weighted by atomic mass is 32.2. The molecule has 0 saturated heterocycles. The molecule has 0 aliphatic rings. The lowest BCUT2D eigenvalue weighted by molar-refractivity contribution is -0.147. The van der Waals surface area contributed by atoms with Crippen LogP contribution >= 0.6 is 20.2 Å². The molecular weight excluding hydrogens is 389 g/mol. The van der Waals surface area contributed by atoms with Gasteiger partial charge in [-0.15, -0.1) is 11.8 Å². The van der Waals surface area contributed by atoms with Crippen LogP contribution in [0.3, 0.4) is 0 Å². The van der Waals surface area contributed by atoms with E-state index in [0.29, 0.717) is 18.8 Å². The summed E-state index contributed by atoms with van der Waals surface area (Å²) in [5.74, 6) is -0.179.